The topological polar surface area (TPSA) is 76.0 Å². The van der Waals surface area contributed by atoms with Crippen LogP contribution in [0.1, 0.15) is 38.2 Å². The molecule has 0 aliphatic carbocycles. The van der Waals surface area contributed by atoms with E-state index < -0.39 is 25.9 Å². The van der Waals surface area contributed by atoms with E-state index in [0.29, 0.717) is 11.0 Å². The summed E-state index contributed by atoms with van der Waals surface area (Å²) in [6.07, 6.45) is 0. The fraction of sp³-hybridized carbons (Fsp3) is 0.273. The minimum atomic E-state index is -2.69. The predicted molar refractivity (Wildman–Crippen MR) is 113 cm³/mol. The molecule has 0 aliphatic heterocycles. The molecule has 1 N–H and O–H groups in total. The summed E-state index contributed by atoms with van der Waals surface area (Å²) in [6.45, 7) is 8.29. The Balaban J connectivity index is 0.00000341. The quantitative estimate of drug-likeness (QED) is 0.258. The number of nitrogens with zero attached hydrogens (tertiary/aromatic N) is 3. The average Bonchev–Trinajstić information content (AvgIpc) is 2.68. The van der Waals surface area contributed by atoms with Crippen molar-refractivity contribution in [1.82, 2.24) is 15.0 Å². The number of aromatic carboxylic acids is 1. The third kappa shape index (κ3) is 4.65. The van der Waals surface area contributed by atoms with Crippen molar-refractivity contribution in [2.24, 2.45) is 0 Å². The van der Waals surface area contributed by atoms with E-state index in [0.717, 1.165) is 11.4 Å². The van der Waals surface area contributed by atoms with Crippen LogP contribution < -0.4 is 10.6 Å². The fourth-order valence-corrected chi connectivity index (χ4v) is 9.44. The zero-order chi connectivity index (χ0) is 22.1. The molecular formula is C22H22F2N3O2PtSi-. The molecule has 3 aromatic rings. The van der Waals surface area contributed by atoms with Gasteiger partial charge in [0.25, 0.3) is 0 Å². The van der Waals surface area contributed by atoms with Gasteiger partial charge in [-0.05, 0) is 35.0 Å². The van der Waals surface area contributed by atoms with Gasteiger partial charge in [0.2, 0.25) is 0 Å². The molecule has 0 fully saturated rings. The van der Waals surface area contributed by atoms with Crippen LogP contribution in [0.5, 0.6) is 0 Å². The number of pyridine rings is 3. The van der Waals surface area contributed by atoms with E-state index in [9.17, 15) is 18.7 Å². The van der Waals surface area contributed by atoms with Crippen molar-refractivity contribution >= 4 is 24.7 Å². The number of hydrogen-bond acceptors (Lipinski definition) is 4. The van der Waals surface area contributed by atoms with Crippen molar-refractivity contribution in [2.45, 2.75) is 38.8 Å². The number of rotatable bonds is 6. The van der Waals surface area contributed by atoms with Gasteiger partial charge in [-0.25, -0.2) is 13.6 Å². The van der Waals surface area contributed by atoms with Crippen LogP contribution in [0, 0.1) is 18.0 Å². The summed E-state index contributed by atoms with van der Waals surface area (Å²) in [7, 11) is -2.69. The summed E-state index contributed by atoms with van der Waals surface area (Å²) in [4.78, 5) is 24.0. The first-order chi connectivity index (χ1) is 14.2. The first kappa shape index (κ1) is 25.0. The van der Waals surface area contributed by atoms with Gasteiger partial charge in [0.05, 0.1) is 0 Å². The molecule has 0 unspecified atom stereocenters. The largest absolute Gasteiger partial charge is 0.477 e. The molecule has 31 heavy (non-hydrogen) atoms. The van der Waals surface area contributed by atoms with Crippen molar-refractivity contribution < 1.29 is 39.7 Å². The van der Waals surface area contributed by atoms with Gasteiger partial charge >= 0.3 is 5.97 Å². The molecule has 0 aliphatic rings. The molecule has 0 aromatic carbocycles. The Bertz CT molecular complexity index is 1090. The molecule has 5 nitrogen and oxygen atoms in total. The van der Waals surface area contributed by atoms with Crippen molar-refractivity contribution in [3.8, 4) is 11.3 Å². The minimum absolute atomic E-state index is 0. The number of aromatic nitrogens is 3. The molecule has 3 rings (SSSR count). The maximum Gasteiger partial charge on any atom is 0.354 e. The normalized spacial score (nSPS) is 11.5. The van der Waals surface area contributed by atoms with E-state index in [1.165, 1.54) is 6.07 Å². The first-order valence-corrected chi connectivity index (χ1v) is 11.8. The van der Waals surface area contributed by atoms with Gasteiger partial charge in [0, 0.05) is 31.7 Å². The molecule has 0 spiro atoms. The van der Waals surface area contributed by atoms with Crippen LogP contribution in [0.3, 0.4) is 0 Å². The molecular weight excluding hydrogens is 599 g/mol. The van der Waals surface area contributed by atoms with Crippen molar-refractivity contribution in [3.05, 3.63) is 66.1 Å². The monoisotopic (exact) mass is 621 g/mol. The van der Waals surface area contributed by atoms with Gasteiger partial charge in [0.1, 0.15) is 17.6 Å². The fourth-order valence-electron chi connectivity index (χ4n) is 4.12. The number of carboxylic acids is 1. The van der Waals surface area contributed by atoms with Crippen LogP contribution >= 0.6 is 0 Å². The zero-order valence-corrected chi connectivity index (χ0v) is 20.7. The number of carboxylic acid groups (broad SMARTS) is 1. The van der Waals surface area contributed by atoms with E-state index in [2.05, 4.69) is 43.7 Å². The Hall–Kier alpha value is -2.31. The van der Waals surface area contributed by atoms with E-state index in [1.807, 2.05) is 12.1 Å². The summed E-state index contributed by atoms with van der Waals surface area (Å²) in [6, 6.07) is 13.8. The maximum absolute atomic E-state index is 14.3. The molecule has 3 aromatic heterocycles. The summed E-state index contributed by atoms with van der Waals surface area (Å²) in [5.41, 5.74) is 0.504. The van der Waals surface area contributed by atoms with Gasteiger partial charge in [-0.2, -0.15) is 0 Å². The van der Waals surface area contributed by atoms with Crippen LogP contribution in [0.2, 0.25) is 11.1 Å². The number of halogens is 2. The molecule has 0 radical (unpaired) electrons. The molecule has 0 atom stereocenters. The second-order valence-corrected chi connectivity index (χ2v) is 12.8. The molecule has 3 heterocycles. The van der Waals surface area contributed by atoms with Crippen LogP contribution in [-0.2, 0) is 21.1 Å². The maximum atomic E-state index is 14.3. The second kappa shape index (κ2) is 9.87. The predicted octanol–water partition coefficient (Wildman–Crippen LogP) is 3.70. The Kier molecular flexibility index (Phi) is 7.95. The van der Waals surface area contributed by atoms with Crippen LogP contribution in [0.4, 0.5) is 8.78 Å². The standard InChI is InChI=1S/C22H22F2N3O2Si.Pt/c1-13(2)30(14(3)4,20-10-6-8-17(26-20)22(28)29)19-9-5-7-16(25-19)15-11-12-18(23)27-21(15)24;/h5-10,12-14H,1-4H3,(H,28,29);/q-1;. The zero-order valence-electron chi connectivity index (χ0n) is 17.5. The van der Waals surface area contributed by atoms with E-state index >= 15 is 0 Å². The summed E-state index contributed by atoms with van der Waals surface area (Å²) >= 11 is 0. The molecule has 9 heteroatoms. The average molecular weight is 622 g/mol. The second-order valence-electron chi connectivity index (χ2n) is 7.69. The molecule has 166 valence electrons. The smallest absolute Gasteiger partial charge is 0.354 e. The molecule has 0 saturated heterocycles. The van der Waals surface area contributed by atoms with Gasteiger partial charge in [0.15, 0.2) is 8.07 Å². The van der Waals surface area contributed by atoms with Crippen LogP contribution in [0.25, 0.3) is 11.3 Å². The van der Waals surface area contributed by atoms with Crippen molar-refractivity contribution in [3.63, 3.8) is 0 Å². The van der Waals surface area contributed by atoms with E-state index in [-0.39, 0.29) is 43.4 Å². The van der Waals surface area contributed by atoms with Gasteiger partial charge in [-0.15, -0.1) is 6.07 Å². The van der Waals surface area contributed by atoms with Crippen molar-refractivity contribution in [2.75, 3.05) is 0 Å². The third-order valence-electron chi connectivity index (χ3n) is 5.39. The number of hydrogen-bond donors (Lipinski definition) is 1. The number of carbonyl (C=O) groups is 1. The van der Waals surface area contributed by atoms with Gasteiger partial charge in [-0.1, -0.05) is 57.5 Å². The van der Waals surface area contributed by atoms with Crippen LogP contribution in [-0.4, -0.2) is 34.1 Å². The van der Waals surface area contributed by atoms with Crippen LogP contribution in [0.15, 0.2) is 42.5 Å². The van der Waals surface area contributed by atoms with Gasteiger partial charge in [-0.3, -0.25) is 9.97 Å². The van der Waals surface area contributed by atoms with Crippen molar-refractivity contribution in [1.29, 1.82) is 0 Å². The minimum Gasteiger partial charge on any atom is -0.477 e. The molecule has 0 bridgehead atoms. The van der Waals surface area contributed by atoms with E-state index in [1.54, 1.807) is 18.2 Å². The summed E-state index contributed by atoms with van der Waals surface area (Å²) < 4.78 is 27.5. The first-order valence-electron chi connectivity index (χ1n) is 9.60. The Morgan fingerprint density at radius 1 is 0.968 bits per heavy atom. The Morgan fingerprint density at radius 3 is 2.10 bits per heavy atom. The Morgan fingerprint density at radius 2 is 1.55 bits per heavy atom. The molecule has 0 saturated carbocycles. The summed E-state index contributed by atoms with van der Waals surface area (Å²) in [5, 5.41) is 10.9. The van der Waals surface area contributed by atoms with E-state index in [4.69, 9.17) is 4.98 Å². The summed E-state index contributed by atoms with van der Waals surface area (Å²) in [5.74, 6) is -3.02. The van der Waals surface area contributed by atoms with Gasteiger partial charge < -0.3 is 10.1 Å². The molecule has 0 amide bonds. The SMILES string of the molecule is CC(C)[Si](c1cccc(C(=O)O)n1)(c1cccc(-c2[c-]cc(F)nc2F)n1)C(C)C.[Pt]. The Labute approximate surface area is 195 Å². The third-order valence-corrected chi connectivity index (χ3v) is 11.3.